The Bertz CT molecular complexity index is 816. The average Bonchev–Trinajstić information content (AvgIpc) is 2.76. The summed E-state index contributed by atoms with van der Waals surface area (Å²) in [5.74, 6) is -1.71. The number of piperidine rings is 1. The van der Waals surface area contributed by atoms with E-state index in [1.165, 1.54) is 38.2 Å². The van der Waals surface area contributed by atoms with Gasteiger partial charge in [0.15, 0.2) is 0 Å². The number of carboxylic acid groups (broad SMARTS) is 1. The van der Waals surface area contributed by atoms with E-state index in [-0.39, 0.29) is 17.6 Å². The number of carbonyl (C=O) groups excluding carboxylic acids is 2. The molecule has 1 aliphatic carbocycles. The van der Waals surface area contributed by atoms with Gasteiger partial charge in [-0.3, -0.25) is 24.6 Å². The molecule has 3 N–H and O–H groups in total. The molecule has 32 heavy (non-hydrogen) atoms. The van der Waals surface area contributed by atoms with Crippen LogP contribution in [0.25, 0.3) is 0 Å². The van der Waals surface area contributed by atoms with E-state index in [4.69, 9.17) is 9.90 Å². The van der Waals surface area contributed by atoms with Crippen molar-refractivity contribution >= 4 is 29.2 Å². The second-order valence-corrected chi connectivity index (χ2v) is 8.65. The molecule has 176 valence electrons. The van der Waals surface area contributed by atoms with Crippen LogP contribution in [0.5, 0.6) is 0 Å². The zero-order valence-corrected chi connectivity index (χ0v) is 18.6. The third kappa shape index (κ3) is 6.66. The molecular formula is C23H33FN4O4. The Morgan fingerprint density at radius 1 is 1.09 bits per heavy atom. The Labute approximate surface area is 188 Å². The molecule has 2 heterocycles. The minimum absolute atomic E-state index is 0.253. The molecule has 8 nitrogen and oxygen atoms in total. The summed E-state index contributed by atoms with van der Waals surface area (Å²) in [7, 11) is 0. The van der Waals surface area contributed by atoms with Gasteiger partial charge in [-0.25, -0.2) is 4.39 Å². The fourth-order valence-electron chi connectivity index (χ4n) is 4.66. The van der Waals surface area contributed by atoms with Gasteiger partial charge < -0.3 is 15.3 Å². The highest BCUT2D eigenvalue weighted by molar-refractivity contribution is 6.01. The molecule has 0 spiro atoms. The Morgan fingerprint density at radius 3 is 2.34 bits per heavy atom. The fourth-order valence-corrected chi connectivity index (χ4v) is 4.66. The molecule has 3 aliphatic rings. The second-order valence-electron chi connectivity index (χ2n) is 8.65. The minimum atomic E-state index is -0.833. The molecule has 2 aliphatic heterocycles. The van der Waals surface area contributed by atoms with Gasteiger partial charge in [0.25, 0.3) is 5.97 Å². The Balaban J connectivity index is 0.000000668. The second kappa shape index (κ2) is 11.3. The van der Waals surface area contributed by atoms with E-state index in [0.717, 1.165) is 33.1 Å². The van der Waals surface area contributed by atoms with Gasteiger partial charge in [0.05, 0.1) is 5.69 Å². The van der Waals surface area contributed by atoms with Gasteiger partial charge in [-0.15, -0.1) is 0 Å². The molecule has 2 amide bonds. The van der Waals surface area contributed by atoms with Gasteiger partial charge in [-0.2, -0.15) is 0 Å². The number of imide groups is 1. The van der Waals surface area contributed by atoms with Gasteiger partial charge in [0.2, 0.25) is 11.8 Å². The Kier molecular flexibility index (Phi) is 8.44. The number of benzene rings is 1. The van der Waals surface area contributed by atoms with E-state index < -0.39 is 12.0 Å². The van der Waals surface area contributed by atoms with Gasteiger partial charge in [0, 0.05) is 51.3 Å². The first-order valence-corrected chi connectivity index (χ1v) is 11.4. The number of hydrogen-bond acceptors (Lipinski definition) is 6. The maximum Gasteiger partial charge on any atom is 0.300 e. The highest BCUT2D eigenvalue weighted by Crippen LogP contribution is 2.28. The highest BCUT2D eigenvalue weighted by Gasteiger charge is 2.28. The third-order valence-corrected chi connectivity index (χ3v) is 6.27. The molecule has 0 aromatic heterocycles. The maximum atomic E-state index is 14.7. The molecule has 2 saturated heterocycles. The lowest BCUT2D eigenvalue weighted by Crippen LogP contribution is -2.51. The van der Waals surface area contributed by atoms with E-state index >= 15 is 0 Å². The van der Waals surface area contributed by atoms with E-state index in [1.54, 1.807) is 6.07 Å². The molecule has 1 atom stereocenters. The number of carboxylic acids is 1. The number of nitrogens with one attached hydrogen (secondary N) is 2. The summed E-state index contributed by atoms with van der Waals surface area (Å²) < 4.78 is 14.7. The number of rotatable bonds is 4. The quantitative estimate of drug-likeness (QED) is 0.609. The number of aliphatic carboxylic acids is 1. The van der Waals surface area contributed by atoms with E-state index in [0.29, 0.717) is 30.3 Å². The minimum Gasteiger partial charge on any atom is -0.481 e. The van der Waals surface area contributed by atoms with Crippen molar-refractivity contribution in [1.82, 2.24) is 10.2 Å². The number of halogens is 1. The summed E-state index contributed by atoms with van der Waals surface area (Å²) in [6, 6.07) is 5.27. The van der Waals surface area contributed by atoms with Crippen molar-refractivity contribution in [2.45, 2.75) is 64.0 Å². The summed E-state index contributed by atoms with van der Waals surface area (Å²) >= 11 is 0. The maximum absolute atomic E-state index is 14.7. The van der Waals surface area contributed by atoms with Crippen molar-refractivity contribution in [2.24, 2.45) is 0 Å². The lowest BCUT2D eigenvalue weighted by Gasteiger charge is -2.41. The first kappa shape index (κ1) is 24.0. The standard InChI is InChI=1S/C21H29FN4O2.C2H4O2/c22-17-14-15(23-18-7-9-20(27)24-21(18)28)6-8-19(17)26-12-10-25(11-13-26)16-4-2-1-3-5-16;1-2(3)4/h6,8,14,16,18,23H,1-5,7,9-13H2,(H,24,27,28);1H3,(H,3,4). The Morgan fingerprint density at radius 2 is 1.75 bits per heavy atom. The van der Waals surface area contributed by atoms with Gasteiger partial charge in [-0.05, 0) is 37.5 Å². The molecule has 4 rings (SSSR count). The molecule has 1 aromatic carbocycles. The van der Waals surface area contributed by atoms with Crippen LogP contribution in [0.2, 0.25) is 0 Å². The zero-order valence-electron chi connectivity index (χ0n) is 18.6. The monoisotopic (exact) mass is 448 g/mol. The Hall–Kier alpha value is -2.68. The molecular weight excluding hydrogens is 415 g/mol. The largest absolute Gasteiger partial charge is 0.481 e. The summed E-state index contributed by atoms with van der Waals surface area (Å²) in [5.41, 5.74) is 1.19. The van der Waals surface area contributed by atoms with Crippen LogP contribution in [-0.2, 0) is 14.4 Å². The highest BCUT2D eigenvalue weighted by atomic mass is 19.1. The summed E-state index contributed by atoms with van der Waals surface area (Å²) in [6.45, 7) is 4.74. The van der Waals surface area contributed by atoms with Crippen LogP contribution >= 0.6 is 0 Å². The zero-order chi connectivity index (χ0) is 23.1. The van der Waals surface area contributed by atoms with Crippen molar-refractivity contribution in [3.63, 3.8) is 0 Å². The molecule has 9 heteroatoms. The van der Waals surface area contributed by atoms with Crippen molar-refractivity contribution in [2.75, 3.05) is 36.4 Å². The van der Waals surface area contributed by atoms with Crippen molar-refractivity contribution < 1.29 is 23.9 Å². The van der Waals surface area contributed by atoms with Crippen LogP contribution in [0.3, 0.4) is 0 Å². The first-order valence-electron chi connectivity index (χ1n) is 11.4. The number of piperazine rings is 1. The summed E-state index contributed by atoms with van der Waals surface area (Å²) in [5, 5.41) is 12.8. The van der Waals surface area contributed by atoms with E-state index in [9.17, 15) is 14.0 Å². The van der Waals surface area contributed by atoms with E-state index in [2.05, 4.69) is 20.4 Å². The molecule has 1 aromatic rings. The molecule has 1 unspecified atom stereocenters. The van der Waals surface area contributed by atoms with Gasteiger partial charge in [-0.1, -0.05) is 19.3 Å². The molecule has 1 saturated carbocycles. The van der Waals surface area contributed by atoms with Crippen molar-refractivity contribution in [3.8, 4) is 0 Å². The molecule has 0 bridgehead atoms. The van der Waals surface area contributed by atoms with Crippen LogP contribution in [0.15, 0.2) is 18.2 Å². The van der Waals surface area contributed by atoms with Crippen LogP contribution in [0, 0.1) is 5.82 Å². The van der Waals surface area contributed by atoms with Crippen molar-refractivity contribution in [3.05, 3.63) is 24.0 Å². The van der Waals surface area contributed by atoms with Crippen LogP contribution in [0.4, 0.5) is 15.8 Å². The number of anilines is 2. The van der Waals surface area contributed by atoms with Crippen LogP contribution < -0.4 is 15.5 Å². The topological polar surface area (TPSA) is 102 Å². The fraction of sp³-hybridized carbons (Fsp3) is 0.609. The molecule has 3 fully saturated rings. The number of nitrogens with zero attached hydrogens (tertiary/aromatic N) is 2. The number of hydrogen-bond donors (Lipinski definition) is 3. The van der Waals surface area contributed by atoms with Gasteiger partial charge in [0.1, 0.15) is 11.9 Å². The van der Waals surface area contributed by atoms with E-state index in [1.807, 2.05) is 6.07 Å². The SMILES string of the molecule is CC(=O)O.O=C1CCC(Nc2ccc(N3CCN(C4CCCCC4)CC3)c(F)c2)C(=O)N1. The number of carbonyl (C=O) groups is 3. The number of amides is 2. The van der Waals surface area contributed by atoms with Crippen LogP contribution in [0.1, 0.15) is 51.9 Å². The lowest BCUT2D eigenvalue weighted by molar-refractivity contribution is -0.135. The molecule has 0 radical (unpaired) electrons. The first-order chi connectivity index (χ1) is 15.3. The van der Waals surface area contributed by atoms with Crippen LogP contribution in [-0.4, -0.2) is 66.1 Å². The van der Waals surface area contributed by atoms with Gasteiger partial charge >= 0.3 is 0 Å². The third-order valence-electron chi connectivity index (χ3n) is 6.27. The summed E-state index contributed by atoms with van der Waals surface area (Å²) in [4.78, 5) is 36.8. The predicted octanol–water partition coefficient (Wildman–Crippen LogP) is 2.59. The summed E-state index contributed by atoms with van der Waals surface area (Å²) in [6.07, 6.45) is 7.36. The average molecular weight is 449 g/mol. The smallest absolute Gasteiger partial charge is 0.300 e. The van der Waals surface area contributed by atoms with Crippen molar-refractivity contribution in [1.29, 1.82) is 0 Å². The normalized spacial score (nSPS) is 22.6. The predicted molar refractivity (Wildman–Crippen MR) is 120 cm³/mol. The lowest BCUT2D eigenvalue weighted by atomic mass is 9.94.